The molecule has 1 aromatic heterocycles. The quantitative estimate of drug-likeness (QED) is 0.722. The molecule has 6 nitrogen and oxygen atoms in total. The Morgan fingerprint density at radius 2 is 2.18 bits per heavy atom. The number of nitrogens with one attached hydrogen (secondary N) is 1. The van der Waals surface area contributed by atoms with Crippen molar-refractivity contribution in [3.63, 3.8) is 0 Å². The number of benzene rings is 1. The molecular formula is C11H10N4O2. The first-order valence-corrected chi connectivity index (χ1v) is 5.12. The number of hydrogen-bond donors (Lipinski definition) is 2. The third-order valence-electron chi connectivity index (χ3n) is 2.98. The fraction of sp³-hybridized carbons (Fsp3) is 0.182. The summed E-state index contributed by atoms with van der Waals surface area (Å²) in [6.07, 6.45) is 1.39. The van der Waals surface area contributed by atoms with Gasteiger partial charge in [0.2, 0.25) is 5.60 Å². The van der Waals surface area contributed by atoms with Crippen molar-refractivity contribution in [1.29, 1.82) is 0 Å². The van der Waals surface area contributed by atoms with Gasteiger partial charge >= 0.3 is 0 Å². The maximum absolute atomic E-state index is 12.0. The molecule has 1 unspecified atom stereocenters. The van der Waals surface area contributed by atoms with Gasteiger partial charge < -0.3 is 10.4 Å². The Hall–Kier alpha value is -2.21. The molecule has 17 heavy (non-hydrogen) atoms. The molecule has 1 atom stereocenters. The largest absolute Gasteiger partial charge is 0.370 e. The summed E-state index contributed by atoms with van der Waals surface area (Å²) < 4.78 is 1.39. The summed E-state index contributed by atoms with van der Waals surface area (Å²) in [5, 5.41) is 20.7. The van der Waals surface area contributed by atoms with Crippen LogP contribution in [-0.2, 0) is 17.4 Å². The Labute approximate surface area is 96.9 Å². The number of anilines is 1. The summed E-state index contributed by atoms with van der Waals surface area (Å²) in [6.45, 7) is 0. The van der Waals surface area contributed by atoms with Crippen molar-refractivity contribution in [3.05, 3.63) is 41.7 Å². The third kappa shape index (κ3) is 1.15. The smallest absolute Gasteiger partial charge is 0.267 e. The van der Waals surface area contributed by atoms with E-state index in [9.17, 15) is 9.90 Å². The number of hydrogen-bond acceptors (Lipinski definition) is 4. The van der Waals surface area contributed by atoms with E-state index in [0.29, 0.717) is 16.9 Å². The van der Waals surface area contributed by atoms with Crippen LogP contribution in [0.25, 0.3) is 0 Å². The maximum atomic E-state index is 12.0. The van der Waals surface area contributed by atoms with Crippen LogP contribution in [0.4, 0.5) is 5.69 Å². The Morgan fingerprint density at radius 3 is 2.88 bits per heavy atom. The van der Waals surface area contributed by atoms with Crippen molar-refractivity contribution < 1.29 is 9.90 Å². The summed E-state index contributed by atoms with van der Waals surface area (Å²) in [7, 11) is 1.63. The highest BCUT2D eigenvalue weighted by Crippen LogP contribution is 2.39. The Balaban J connectivity index is 2.27. The fourth-order valence-corrected chi connectivity index (χ4v) is 2.11. The molecule has 0 saturated carbocycles. The van der Waals surface area contributed by atoms with E-state index in [1.54, 1.807) is 31.3 Å². The zero-order chi connectivity index (χ0) is 12.0. The first-order valence-electron chi connectivity index (χ1n) is 5.12. The van der Waals surface area contributed by atoms with Crippen LogP contribution in [0, 0.1) is 0 Å². The second-order valence-electron chi connectivity index (χ2n) is 3.95. The lowest BCUT2D eigenvalue weighted by molar-refractivity contribution is -0.130. The van der Waals surface area contributed by atoms with Gasteiger partial charge in [-0.1, -0.05) is 23.4 Å². The second-order valence-corrected chi connectivity index (χ2v) is 3.95. The molecule has 2 aromatic rings. The summed E-state index contributed by atoms with van der Waals surface area (Å²) in [5.74, 6) is -0.482. The third-order valence-corrected chi connectivity index (χ3v) is 2.98. The van der Waals surface area contributed by atoms with Crippen LogP contribution < -0.4 is 5.32 Å². The van der Waals surface area contributed by atoms with E-state index in [1.807, 2.05) is 0 Å². The van der Waals surface area contributed by atoms with E-state index in [0.717, 1.165) is 0 Å². The number of aliphatic hydroxyl groups is 1. The maximum Gasteiger partial charge on any atom is 0.267 e. The summed E-state index contributed by atoms with van der Waals surface area (Å²) in [4.78, 5) is 12.0. The molecule has 2 N–H and O–H groups in total. The average Bonchev–Trinajstić information content (AvgIpc) is 2.84. The number of aromatic nitrogens is 3. The number of carbonyl (C=O) groups excluding carboxylic acids is 1. The minimum atomic E-state index is -1.71. The number of rotatable bonds is 1. The molecule has 0 aliphatic carbocycles. The van der Waals surface area contributed by atoms with Gasteiger partial charge in [-0.05, 0) is 6.07 Å². The highest BCUT2D eigenvalue weighted by molar-refractivity contribution is 6.06. The molecule has 2 heterocycles. The second kappa shape index (κ2) is 3.14. The van der Waals surface area contributed by atoms with E-state index in [1.165, 1.54) is 10.9 Å². The van der Waals surface area contributed by atoms with Gasteiger partial charge in [0.25, 0.3) is 5.91 Å². The Bertz CT molecular complexity index is 607. The Kier molecular flexibility index (Phi) is 1.84. The summed E-state index contributed by atoms with van der Waals surface area (Å²) >= 11 is 0. The molecule has 3 rings (SSSR count). The van der Waals surface area contributed by atoms with Gasteiger partial charge in [-0.15, -0.1) is 5.10 Å². The topological polar surface area (TPSA) is 80.0 Å². The SMILES string of the molecule is Cn1nncc1C1(O)C(=O)Nc2ccccc21. The molecule has 0 fully saturated rings. The molecule has 6 heteroatoms. The van der Waals surface area contributed by atoms with Gasteiger partial charge in [0, 0.05) is 18.3 Å². The number of amides is 1. The number of aryl methyl sites for hydroxylation is 1. The Morgan fingerprint density at radius 1 is 1.41 bits per heavy atom. The standard InChI is InChI=1S/C11H10N4O2/c1-15-9(6-12-14-15)11(17)7-4-2-3-5-8(7)13-10(11)16/h2-6,17H,1H3,(H,13,16). The monoisotopic (exact) mass is 230 g/mol. The number of nitrogens with zero attached hydrogens (tertiary/aromatic N) is 3. The van der Waals surface area contributed by atoms with Gasteiger partial charge in [0.05, 0.1) is 6.20 Å². The van der Waals surface area contributed by atoms with Gasteiger partial charge in [-0.3, -0.25) is 4.79 Å². The van der Waals surface area contributed by atoms with E-state index in [2.05, 4.69) is 15.6 Å². The molecule has 86 valence electrons. The number of carbonyl (C=O) groups is 1. The first kappa shape index (κ1) is 9.98. The van der Waals surface area contributed by atoms with Crippen molar-refractivity contribution in [2.45, 2.75) is 5.60 Å². The van der Waals surface area contributed by atoms with Crippen molar-refractivity contribution in [3.8, 4) is 0 Å². The lowest BCUT2D eigenvalue weighted by Gasteiger charge is -2.19. The summed E-state index contributed by atoms with van der Waals surface area (Å²) in [5.41, 5.74) is -0.231. The van der Waals surface area contributed by atoms with Gasteiger partial charge in [0.15, 0.2) is 0 Å². The van der Waals surface area contributed by atoms with E-state index in [4.69, 9.17) is 0 Å². The average molecular weight is 230 g/mol. The molecular weight excluding hydrogens is 220 g/mol. The zero-order valence-corrected chi connectivity index (χ0v) is 9.08. The van der Waals surface area contributed by atoms with Crippen LogP contribution in [-0.4, -0.2) is 26.0 Å². The molecule has 0 radical (unpaired) electrons. The number of fused-ring (bicyclic) bond motifs is 1. The highest BCUT2D eigenvalue weighted by Gasteiger charge is 2.48. The fourth-order valence-electron chi connectivity index (χ4n) is 2.11. The molecule has 1 aliphatic heterocycles. The zero-order valence-electron chi connectivity index (χ0n) is 9.08. The molecule has 0 spiro atoms. The van der Waals surface area contributed by atoms with Gasteiger partial charge in [-0.2, -0.15) is 0 Å². The molecule has 1 aliphatic rings. The normalized spacial score (nSPS) is 22.4. The van der Waals surface area contributed by atoms with E-state index >= 15 is 0 Å². The highest BCUT2D eigenvalue weighted by atomic mass is 16.3. The van der Waals surface area contributed by atoms with Crippen molar-refractivity contribution in [1.82, 2.24) is 15.0 Å². The van der Waals surface area contributed by atoms with Crippen LogP contribution in [0.1, 0.15) is 11.3 Å². The summed E-state index contributed by atoms with van der Waals surface area (Å²) in [6, 6.07) is 7.02. The lowest BCUT2D eigenvalue weighted by Crippen LogP contribution is -2.37. The van der Waals surface area contributed by atoms with Crippen molar-refractivity contribution in [2.24, 2.45) is 7.05 Å². The minimum absolute atomic E-state index is 0.347. The molecule has 0 bridgehead atoms. The van der Waals surface area contributed by atoms with Crippen molar-refractivity contribution >= 4 is 11.6 Å². The van der Waals surface area contributed by atoms with Gasteiger partial charge in [0.1, 0.15) is 5.69 Å². The molecule has 1 amide bonds. The van der Waals surface area contributed by atoms with Crippen LogP contribution in [0.2, 0.25) is 0 Å². The minimum Gasteiger partial charge on any atom is -0.370 e. The van der Waals surface area contributed by atoms with Gasteiger partial charge in [-0.25, -0.2) is 4.68 Å². The van der Waals surface area contributed by atoms with E-state index in [-0.39, 0.29) is 0 Å². The predicted octanol–water partition coefficient (Wildman–Crippen LogP) is 0.00310. The predicted molar refractivity (Wildman–Crippen MR) is 59.1 cm³/mol. The molecule has 1 aromatic carbocycles. The first-order chi connectivity index (χ1) is 8.14. The molecule has 0 saturated heterocycles. The lowest BCUT2D eigenvalue weighted by atomic mass is 9.92. The van der Waals surface area contributed by atoms with Crippen LogP contribution >= 0.6 is 0 Å². The number of para-hydroxylation sites is 1. The van der Waals surface area contributed by atoms with Crippen molar-refractivity contribution in [2.75, 3.05) is 5.32 Å². The van der Waals surface area contributed by atoms with Crippen LogP contribution in [0.15, 0.2) is 30.5 Å². The van der Waals surface area contributed by atoms with Crippen LogP contribution in [0.5, 0.6) is 0 Å². The van der Waals surface area contributed by atoms with E-state index < -0.39 is 11.5 Å². The van der Waals surface area contributed by atoms with Crippen LogP contribution in [0.3, 0.4) is 0 Å².